The fourth-order valence-electron chi connectivity index (χ4n) is 1.27. The van der Waals surface area contributed by atoms with Gasteiger partial charge in [0.05, 0.1) is 12.2 Å². The molecule has 0 aliphatic carbocycles. The topological polar surface area (TPSA) is 115 Å². The normalized spacial score (nSPS) is 10.9. The molecule has 1 aromatic heterocycles. The van der Waals surface area contributed by atoms with Crippen LogP contribution in [0.2, 0.25) is 0 Å². The summed E-state index contributed by atoms with van der Waals surface area (Å²) in [4.78, 5) is 26.0. The van der Waals surface area contributed by atoms with Crippen LogP contribution in [0.15, 0.2) is 12.3 Å². The molecule has 0 spiro atoms. The number of nitrogens with one attached hydrogen (secondary N) is 1. The SMILES string of the molecule is CC(C)(C)OC(=O)NCc1cc(N)c(C(=O)O)cn1. The molecule has 0 bridgehead atoms. The Labute approximate surface area is 110 Å². The lowest BCUT2D eigenvalue weighted by Crippen LogP contribution is -2.32. The van der Waals surface area contributed by atoms with Crippen molar-refractivity contribution in [2.75, 3.05) is 5.73 Å². The molecule has 0 aromatic carbocycles. The summed E-state index contributed by atoms with van der Waals surface area (Å²) in [7, 11) is 0. The molecule has 0 saturated heterocycles. The quantitative estimate of drug-likeness (QED) is 0.762. The minimum atomic E-state index is -1.14. The molecule has 0 atom stereocenters. The molecule has 1 aromatic rings. The number of hydrogen-bond acceptors (Lipinski definition) is 5. The van der Waals surface area contributed by atoms with Crippen LogP contribution in [0, 0.1) is 0 Å². The van der Waals surface area contributed by atoms with Gasteiger partial charge in [0, 0.05) is 11.9 Å². The standard InChI is InChI=1S/C12H17N3O4/c1-12(2,3)19-11(18)15-5-7-4-9(13)8(6-14-7)10(16)17/h4,6H,5H2,1-3H3,(H2,13,14)(H,15,18)(H,16,17). The number of rotatable bonds is 3. The Balaban J connectivity index is 2.62. The summed E-state index contributed by atoms with van der Waals surface area (Å²) in [6.45, 7) is 5.37. The van der Waals surface area contributed by atoms with Crippen molar-refractivity contribution in [1.82, 2.24) is 10.3 Å². The van der Waals surface area contributed by atoms with Gasteiger partial charge in [-0.1, -0.05) is 0 Å². The van der Waals surface area contributed by atoms with Gasteiger partial charge in [-0.25, -0.2) is 9.59 Å². The summed E-state index contributed by atoms with van der Waals surface area (Å²) in [6.07, 6.45) is 0.583. The summed E-state index contributed by atoms with van der Waals surface area (Å²) in [5, 5.41) is 11.3. The minimum absolute atomic E-state index is 0.0685. The zero-order valence-electron chi connectivity index (χ0n) is 11.1. The van der Waals surface area contributed by atoms with Crippen LogP contribution >= 0.6 is 0 Å². The first-order valence-corrected chi connectivity index (χ1v) is 5.63. The lowest BCUT2D eigenvalue weighted by atomic mass is 10.2. The molecule has 1 rings (SSSR count). The largest absolute Gasteiger partial charge is 0.478 e. The van der Waals surface area contributed by atoms with Crippen LogP contribution in [0.4, 0.5) is 10.5 Å². The number of carbonyl (C=O) groups is 2. The molecule has 1 heterocycles. The third kappa shape index (κ3) is 4.82. The van der Waals surface area contributed by atoms with E-state index >= 15 is 0 Å². The van der Waals surface area contributed by atoms with Gasteiger partial charge in [0.1, 0.15) is 11.2 Å². The molecule has 0 aliphatic rings. The zero-order chi connectivity index (χ0) is 14.6. The van der Waals surface area contributed by atoms with Crippen LogP contribution in [0.5, 0.6) is 0 Å². The van der Waals surface area contributed by atoms with Crippen molar-refractivity contribution in [2.24, 2.45) is 0 Å². The number of carboxylic acids is 1. The maximum absolute atomic E-state index is 11.4. The van der Waals surface area contributed by atoms with Gasteiger partial charge >= 0.3 is 12.1 Å². The van der Waals surface area contributed by atoms with E-state index in [-0.39, 0.29) is 17.8 Å². The molecule has 0 fully saturated rings. The van der Waals surface area contributed by atoms with Crippen LogP contribution in [0.25, 0.3) is 0 Å². The molecule has 7 nitrogen and oxygen atoms in total. The Bertz CT molecular complexity index is 494. The summed E-state index contributed by atoms with van der Waals surface area (Å²) in [5.41, 5.74) is 5.47. The lowest BCUT2D eigenvalue weighted by molar-refractivity contribution is 0.0522. The molecule has 0 aliphatic heterocycles. The molecule has 104 valence electrons. The fourth-order valence-corrected chi connectivity index (χ4v) is 1.27. The number of carboxylic acid groups (broad SMARTS) is 1. The number of aromatic carboxylic acids is 1. The monoisotopic (exact) mass is 267 g/mol. The van der Waals surface area contributed by atoms with E-state index < -0.39 is 17.7 Å². The van der Waals surface area contributed by atoms with Gasteiger partial charge in [-0.05, 0) is 26.8 Å². The van der Waals surface area contributed by atoms with Crippen LogP contribution in [-0.2, 0) is 11.3 Å². The van der Waals surface area contributed by atoms with Crippen molar-refractivity contribution in [3.8, 4) is 0 Å². The molecule has 4 N–H and O–H groups in total. The molecule has 0 saturated carbocycles. The van der Waals surface area contributed by atoms with E-state index in [1.165, 1.54) is 6.07 Å². The van der Waals surface area contributed by atoms with Gasteiger partial charge in [-0.3, -0.25) is 4.98 Å². The van der Waals surface area contributed by atoms with Gasteiger partial charge in [0.25, 0.3) is 0 Å². The molecule has 0 radical (unpaired) electrons. The number of nitrogen functional groups attached to an aromatic ring is 1. The first kappa shape index (κ1) is 14.7. The van der Waals surface area contributed by atoms with E-state index in [1.807, 2.05) is 0 Å². The van der Waals surface area contributed by atoms with Gasteiger partial charge < -0.3 is 20.9 Å². The Hall–Kier alpha value is -2.31. The van der Waals surface area contributed by atoms with E-state index in [0.717, 1.165) is 6.20 Å². The van der Waals surface area contributed by atoms with E-state index in [1.54, 1.807) is 20.8 Å². The third-order valence-electron chi connectivity index (χ3n) is 2.04. The number of alkyl carbamates (subject to hydrolysis) is 1. The number of carbonyl (C=O) groups excluding carboxylic acids is 1. The van der Waals surface area contributed by atoms with E-state index in [9.17, 15) is 9.59 Å². The number of nitrogens with two attached hydrogens (primary N) is 1. The summed E-state index contributed by atoms with van der Waals surface area (Å²) in [5.74, 6) is -1.14. The van der Waals surface area contributed by atoms with Gasteiger partial charge in [-0.15, -0.1) is 0 Å². The maximum atomic E-state index is 11.4. The van der Waals surface area contributed by atoms with Gasteiger partial charge in [0.2, 0.25) is 0 Å². The number of pyridine rings is 1. The second kappa shape index (κ2) is 5.55. The number of amides is 1. The Morgan fingerprint density at radius 3 is 2.58 bits per heavy atom. The maximum Gasteiger partial charge on any atom is 0.407 e. The van der Waals surface area contributed by atoms with Crippen LogP contribution in [0.3, 0.4) is 0 Å². The third-order valence-corrected chi connectivity index (χ3v) is 2.04. The second-order valence-corrected chi connectivity index (χ2v) is 4.92. The number of hydrogen-bond donors (Lipinski definition) is 3. The Morgan fingerprint density at radius 2 is 2.11 bits per heavy atom. The highest BCUT2D eigenvalue weighted by atomic mass is 16.6. The Morgan fingerprint density at radius 1 is 1.47 bits per heavy atom. The predicted molar refractivity (Wildman–Crippen MR) is 68.7 cm³/mol. The Kier molecular flexibility index (Phi) is 4.31. The summed E-state index contributed by atoms with van der Waals surface area (Å²) >= 11 is 0. The molecule has 19 heavy (non-hydrogen) atoms. The predicted octanol–water partition coefficient (Wildman–Crippen LogP) is 1.39. The first-order chi connectivity index (χ1) is 8.69. The van der Waals surface area contributed by atoms with E-state index in [2.05, 4.69) is 10.3 Å². The molecule has 1 amide bonds. The van der Waals surface area contributed by atoms with Crippen molar-refractivity contribution in [3.63, 3.8) is 0 Å². The smallest absolute Gasteiger partial charge is 0.407 e. The van der Waals surface area contributed by atoms with Crippen LogP contribution < -0.4 is 11.1 Å². The zero-order valence-corrected chi connectivity index (χ0v) is 11.1. The molecule has 7 heteroatoms. The minimum Gasteiger partial charge on any atom is -0.478 e. The van der Waals surface area contributed by atoms with Gasteiger partial charge in [0.15, 0.2) is 0 Å². The highest BCUT2D eigenvalue weighted by Crippen LogP contribution is 2.12. The molecule has 0 unspecified atom stereocenters. The van der Waals surface area contributed by atoms with Crippen LogP contribution in [-0.4, -0.2) is 27.8 Å². The average molecular weight is 267 g/mol. The van der Waals surface area contributed by atoms with Gasteiger partial charge in [-0.2, -0.15) is 0 Å². The first-order valence-electron chi connectivity index (χ1n) is 5.63. The van der Waals surface area contributed by atoms with Crippen molar-refractivity contribution in [3.05, 3.63) is 23.5 Å². The summed E-state index contributed by atoms with van der Waals surface area (Å²) < 4.78 is 5.05. The molecular formula is C12H17N3O4. The second-order valence-electron chi connectivity index (χ2n) is 4.92. The highest BCUT2D eigenvalue weighted by molar-refractivity contribution is 5.93. The number of anilines is 1. The van der Waals surface area contributed by atoms with E-state index in [4.69, 9.17) is 15.6 Å². The number of aromatic nitrogens is 1. The molecular weight excluding hydrogens is 250 g/mol. The number of nitrogens with zero attached hydrogens (tertiary/aromatic N) is 1. The van der Waals surface area contributed by atoms with Crippen molar-refractivity contribution in [2.45, 2.75) is 32.9 Å². The lowest BCUT2D eigenvalue weighted by Gasteiger charge is -2.19. The average Bonchev–Trinajstić information content (AvgIpc) is 2.23. The highest BCUT2D eigenvalue weighted by Gasteiger charge is 2.16. The fraction of sp³-hybridized carbons (Fsp3) is 0.417. The van der Waals surface area contributed by atoms with Crippen molar-refractivity contribution >= 4 is 17.7 Å². The van der Waals surface area contributed by atoms with Crippen molar-refractivity contribution < 1.29 is 19.4 Å². The number of ether oxygens (including phenoxy) is 1. The van der Waals surface area contributed by atoms with Crippen LogP contribution in [0.1, 0.15) is 36.8 Å². The van der Waals surface area contributed by atoms with E-state index in [0.29, 0.717) is 5.69 Å². The summed E-state index contributed by atoms with van der Waals surface area (Å²) in [6, 6.07) is 1.40. The van der Waals surface area contributed by atoms with Crippen molar-refractivity contribution in [1.29, 1.82) is 0 Å².